The number of benzene rings is 8. The minimum atomic E-state index is -0.339. The minimum Gasteiger partial charge on any atom is -0.451 e. The van der Waals surface area contributed by atoms with Crippen LogP contribution in [0.15, 0.2) is 247 Å². The van der Waals surface area contributed by atoms with E-state index in [0.717, 1.165) is 38.8 Å². The summed E-state index contributed by atoms with van der Waals surface area (Å²) in [5.41, 5.74) is 43.1. The molecule has 25 nitrogen and oxygen atoms in total. The average molecular weight is 1290 g/mol. The molecule has 0 aliphatic carbocycles. The second-order valence-corrected chi connectivity index (χ2v) is 20.9. The van der Waals surface area contributed by atoms with Gasteiger partial charge in [-0.3, -0.25) is 28.8 Å². The van der Waals surface area contributed by atoms with E-state index >= 15 is 0 Å². The van der Waals surface area contributed by atoms with Gasteiger partial charge in [0, 0.05) is 72.5 Å². The molecule has 25 heteroatoms. The molecule has 0 bridgehead atoms. The second kappa shape index (κ2) is 36.1. The van der Waals surface area contributed by atoms with Crippen LogP contribution in [-0.4, -0.2) is 110 Å². The van der Waals surface area contributed by atoms with Gasteiger partial charge in [-0.25, -0.2) is 0 Å². The molecule has 1 aromatic heterocycles. The molecule has 0 fully saturated rings. The highest BCUT2D eigenvalue weighted by molar-refractivity contribution is 6.04. The standard InChI is InChI=1S/2C25H26N6O2.C21H22N6O3/c1-17(30-31-25(26)27)21-8-5-9-22(16-21)24(33)29-15-14-28-23(32)20-12-10-19(11-13-20)18-6-3-2-4-7-18;1-17(30-31-25(26)27)18-7-11-21(12-8-18)23(32)28-15-16-29-24(33)22-13-9-20(10-14-22)19-5-3-2-4-6-19;1-13(26-27-21(22)23)14-6-4-7-16(11-14)19(28)24-9-10-25-20(29)18-12-15-5-2-3-8-17(15)30-18/h2-13,16H,14-15H2,1H3,(H,28,32)(H,29,33)(H4,26,27,31);2-14H,15-16H2,1H3,(H,28,32)(H,29,33)(H4,26,27,31);2-8,11-12H,9-10H2,1H3,(H,24,28)(H,25,29)(H4,22,23,27)/b2*30-17+;26-13+. The largest absolute Gasteiger partial charge is 0.451 e. The zero-order chi connectivity index (χ0) is 68.8. The number of fused-ring (bicyclic) bond motifs is 1. The number of carbonyl (C=O) groups is 6. The van der Waals surface area contributed by atoms with Gasteiger partial charge < -0.3 is 70.7 Å². The van der Waals surface area contributed by atoms with Gasteiger partial charge in [0.15, 0.2) is 5.76 Å². The number of amides is 6. The van der Waals surface area contributed by atoms with Crippen LogP contribution in [0.3, 0.4) is 0 Å². The zero-order valence-corrected chi connectivity index (χ0v) is 53.0. The Kier molecular flexibility index (Phi) is 26.5. The molecule has 0 saturated heterocycles. The van der Waals surface area contributed by atoms with Crippen LogP contribution in [0.1, 0.15) is 99.8 Å². The lowest BCUT2D eigenvalue weighted by Crippen LogP contribution is -2.34. The molecule has 9 aromatic rings. The molecule has 8 aromatic carbocycles. The zero-order valence-electron chi connectivity index (χ0n) is 53.0. The molecular weight excluding hydrogens is 1220 g/mol. The number of guanidine groups is 3. The first-order valence-corrected chi connectivity index (χ1v) is 30.0. The summed E-state index contributed by atoms with van der Waals surface area (Å²) in [6, 6.07) is 64.5. The maximum Gasteiger partial charge on any atom is 0.287 e. The Hall–Kier alpha value is -13.1. The minimum absolute atomic E-state index is 0.123. The van der Waals surface area contributed by atoms with Crippen LogP contribution >= 0.6 is 0 Å². The first kappa shape index (κ1) is 70.4. The van der Waals surface area contributed by atoms with Crippen LogP contribution in [0.25, 0.3) is 33.2 Å². The van der Waals surface area contributed by atoms with Crippen LogP contribution in [0.5, 0.6) is 0 Å². The van der Waals surface area contributed by atoms with Crippen molar-refractivity contribution in [3.8, 4) is 22.3 Å². The van der Waals surface area contributed by atoms with E-state index in [1.807, 2.05) is 103 Å². The predicted octanol–water partition coefficient (Wildman–Crippen LogP) is 6.61. The van der Waals surface area contributed by atoms with Crippen molar-refractivity contribution >= 4 is 81.4 Å². The van der Waals surface area contributed by atoms with E-state index in [-0.39, 0.29) is 78.7 Å². The van der Waals surface area contributed by atoms with Gasteiger partial charge in [0.2, 0.25) is 17.9 Å². The smallest absolute Gasteiger partial charge is 0.287 e. The van der Waals surface area contributed by atoms with Gasteiger partial charge in [-0.2, -0.15) is 15.3 Å². The summed E-state index contributed by atoms with van der Waals surface area (Å²) >= 11 is 0. The SMILES string of the molecule is C/C(=N\N=C(N)N)c1ccc(C(=O)NCCNC(=O)c2ccc(-c3ccccc3)cc2)cc1.C/C(=N\N=C(N)N)c1cccc(C(=O)NCCNC(=O)c2cc3ccccc3o2)c1.C/C(=N\N=C(N)N)c1cccc(C(=O)NCCNC(=O)c2ccc(-c3ccccc3)cc2)c1. The fourth-order valence-corrected chi connectivity index (χ4v) is 8.84. The van der Waals surface area contributed by atoms with Crippen molar-refractivity contribution in [2.75, 3.05) is 39.3 Å². The molecule has 0 radical (unpaired) electrons. The Bertz CT molecular complexity index is 4290. The van der Waals surface area contributed by atoms with Gasteiger partial charge >= 0.3 is 0 Å². The van der Waals surface area contributed by atoms with E-state index in [0.29, 0.717) is 75.7 Å². The first-order chi connectivity index (χ1) is 46.3. The van der Waals surface area contributed by atoms with Crippen molar-refractivity contribution in [2.45, 2.75) is 20.8 Å². The molecule has 490 valence electrons. The van der Waals surface area contributed by atoms with Crippen LogP contribution in [0.2, 0.25) is 0 Å². The van der Waals surface area contributed by atoms with Crippen LogP contribution in [0, 0.1) is 0 Å². The Morgan fingerprint density at radius 3 is 0.948 bits per heavy atom. The number of hydrogen-bond donors (Lipinski definition) is 12. The number of nitrogens with one attached hydrogen (secondary N) is 6. The summed E-state index contributed by atoms with van der Waals surface area (Å²) in [5, 5.41) is 40.1. The van der Waals surface area contributed by atoms with Crippen LogP contribution in [0.4, 0.5) is 0 Å². The maximum absolute atomic E-state index is 12.4. The van der Waals surface area contributed by atoms with Crippen molar-refractivity contribution in [3.63, 3.8) is 0 Å². The summed E-state index contributed by atoms with van der Waals surface area (Å²) in [6.07, 6.45) is 0. The monoisotopic (exact) mass is 1290 g/mol. The number of rotatable bonds is 23. The summed E-state index contributed by atoms with van der Waals surface area (Å²) in [6.45, 7) is 6.96. The van der Waals surface area contributed by atoms with E-state index in [4.69, 9.17) is 38.8 Å². The Balaban J connectivity index is 0.000000203. The van der Waals surface area contributed by atoms with Crippen molar-refractivity contribution in [1.82, 2.24) is 31.9 Å². The number of nitrogens with zero attached hydrogens (tertiary/aromatic N) is 6. The lowest BCUT2D eigenvalue weighted by molar-refractivity contribution is 0.0912. The topological polar surface area (TPSA) is 418 Å². The lowest BCUT2D eigenvalue weighted by Gasteiger charge is -2.09. The quantitative estimate of drug-likeness (QED) is 0.0139. The van der Waals surface area contributed by atoms with Crippen molar-refractivity contribution in [3.05, 3.63) is 263 Å². The molecule has 18 N–H and O–H groups in total. The third kappa shape index (κ3) is 22.4. The van der Waals surface area contributed by atoms with E-state index < -0.39 is 0 Å². The highest BCUT2D eigenvalue weighted by Gasteiger charge is 2.15. The van der Waals surface area contributed by atoms with E-state index in [2.05, 4.69) is 62.5 Å². The van der Waals surface area contributed by atoms with Gasteiger partial charge in [0.25, 0.3) is 35.4 Å². The molecule has 0 aliphatic rings. The molecule has 96 heavy (non-hydrogen) atoms. The normalized spacial score (nSPS) is 11.0. The summed E-state index contributed by atoms with van der Waals surface area (Å²) in [7, 11) is 0. The fourth-order valence-electron chi connectivity index (χ4n) is 8.84. The molecule has 0 aliphatic heterocycles. The number of furan rings is 1. The van der Waals surface area contributed by atoms with Crippen molar-refractivity contribution in [2.24, 2.45) is 65.0 Å². The van der Waals surface area contributed by atoms with Gasteiger partial charge in [0.1, 0.15) is 5.58 Å². The first-order valence-electron chi connectivity index (χ1n) is 30.0. The van der Waals surface area contributed by atoms with Gasteiger partial charge in [-0.05, 0) is 133 Å². The predicted molar refractivity (Wildman–Crippen MR) is 377 cm³/mol. The van der Waals surface area contributed by atoms with Crippen LogP contribution in [-0.2, 0) is 0 Å². The highest BCUT2D eigenvalue weighted by Crippen LogP contribution is 2.22. The molecule has 6 amide bonds. The molecule has 1 heterocycles. The summed E-state index contributed by atoms with van der Waals surface area (Å²) in [5.74, 6) is -1.67. The van der Waals surface area contributed by atoms with Crippen molar-refractivity contribution in [1.29, 1.82) is 0 Å². The van der Waals surface area contributed by atoms with Gasteiger partial charge in [0.05, 0.1) is 17.1 Å². The number of para-hydroxylation sites is 1. The third-order valence-corrected chi connectivity index (χ3v) is 13.8. The summed E-state index contributed by atoms with van der Waals surface area (Å²) < 4.78 is 5.51. The number of hydrogen-bond acceptors (Lipinski definition) is 13. The number of nitrogens with two attached hydrogens (primary N) is 6. The van der Waals surface area contributed by atoms with Crippen molar-refractivity contribution < 1.29 is 33.2 Å². The molecule has 9 rings (SSSR count). The lowest BCUT2D eigenvalue weighted by atomic mass is 10.0. The second-order valence-electron chi connectivity index (χ2n) is 20.9. The Labute approximate surface area is 554 Å². The fraction of sp³-hybridized carbons (Fsp3) is 0.127. The van der Waals surface area contributed by atoms with E-state index in [1.54, 1.807) is 130 Å². The van der Waals surface area contributed by atoms with Gasteiger partial charge in [-0.1, -0.05) is 140 Å². The van der Waals surface area contributed by atoms with E-state index in [9.17, 15) is 28.8 Å². The maximum atomic E-state index is 12.4. The molecule has 0 unspecified atom stereocenters. The molecule has 0 spiro atoms. The number of carbonyl (C=O) groups excluding carboxylic acids is 6. The van der Waals surface area contributed by atoms with E-state index in [1.165, 1.54) is 0 Å². The molecule has 0 atom stereocenters. The molecular formula is C71H74N18O7. The highest BCUT2D eigenvalue weighted by atomic mass is 16.3. The Morgan fingerprint density at radius 2 is 0.583 bits per heavy atom. The molecule has 0 saturated carbocycles. The van der Waals surface area contributed by atoms with Crippen LogP contribution < -0.4 is 66.3 Å². The average Bonchev–Trinajstić information content (AvgIpc) is 1.64. The third-order valence-electron chi connectivity index (χ3n) is 13.8. The Morgan fingerprint density at radius 1 is 0.292 bits per heavy atom. The summed E-state index contributed by atoms with van der Waals surface area (Å²) in [4.78, 5) is 74.0. The van der Waals surface area contributed by atoms with Gasteiger partial charge in [-0.15, -0.1) is 15.3 Å².